The van der Waals surface area contributed by atoms with Crippen LogP contribution in [0, 0.1) is 13.8 Å². The fourth-order valence-electron chi connectivity index (χ4n) is 2.48. The van der Waals surface area contributed by atoms with E-state index in [0.717, 1.165) is 16.8 Å². The molecule has 0 aromatic heterocycles. The average molecular weight is 461 g/mol. The van der Waals surface area contributed by atoms with Gasteiger partial charge in [0.15, 0.2) is 5.11 Å². The van der Waals surface area contributed by atoms with Crippen molar-refractivity contribution in [2.24, 2.45) is 0 Å². The fraction of sp³-hybridized carbons (Fsp3) is 0.263. The highest BCUT2D eigenvalue weighted by Crippen LogP contribution is 2.30. The van der Waals surface area contributed by atoms with Gasteiger partial charge in [0.1, 0.15) is 11.9 Å². The van der Waals surface area contributed by atoms with Crippen LogP contribution >= 0.6 is 47.0 Å². The van der Waals surface area contributed by atoms with Crippen LogP contribution in [0.5, 0.6) is 5.75 Å². The van der Waals surface area contributed by atoms with Gasteiger partial charge < -0.3 is 20.7 Å². The Morgan fingerprint density at radius 2 is 1.79 bits per heavy atom. The van der Waals surface area contributed by atoms with Crippen LogP contribution in [0.15, 0.2) is 42.5 Å². The third-order valence-electron chi connectivity index (χ3n) is 3.86. The highest BCUT2D eigenvalue weighted by atomic mass is 35.6. The lowest BCUT2D eigenvalue weighted by Gasteiger charge is -2.28. The van der Waals surface area contributed by atoms with Crippen LogP contribution < -0.4 is 20.7 Å². The Hall–Kier alpha value is -1.73. The van der Waals surface area contributed by atoms with Gasteiger partial charge in [0.25, 0.3) is 5.91 Å². The highest BCUT2D eigenvalue weighted by Gasteiger charge is 2.35. The van der Waals surface area contributed by atoms with Gasteiger partial charge in [-0.05, 0) is 49.8 Å². The standard InChI is InChI=1S/C19H20Cl3N3O2S/c1-11-8-9-14(12(2)10-11)23-18(28)25-17(19(20,21)22)24-16(26)13-6-4-5-7-15(13)27-3/h4-10,17H,1-3H3,(H,24,26)(H2,23,25,28)/t17-/m0/s1. The van der Waals surface area contributed by atoms with Crippen molar-refractivity contribution in [1.29, 1.82) is 0 Å². The molecule has 3 N–H and O–H groups in total. The molecule has 28 heavy (non-hydrogen) atoms. The van der Waals surface area contributed by atoms with Gasteiger partial charge in [0.2, 0.25) is 3.79 Å². The van der Waals surface area contributed by atoms with Crippen molar-refractivity contribution in [3.05, 3.63) is 59.2 Å². The SMILES string of the molecule is COc1ccccc1C(=O)N[C@@H](NC(=S)Nc1ccc(C)cc1C)C(Cl)(Cl)Cl. The number of thiocarbonyl (C=S) groups is 1. The number of methoxy groups -OCH3 is 1. The molecule has 0 fully saturated rings. The van der Waals surface area contributed by atoms with Crippen molar-refractivity contribution in [3.63, 3.8) is 0 Å². The largest absolute Gasteiger partial charge is 0.496 e. The zero-order valence-electron chi connectivity index (χ0n) is 15.5. The lowest BCUT2D eigenvalue weighted by molar-refractivity contribution is 0.0931. The van der Waals surface area contributed by atoms with Gasteiger partial charge in [0.05, 0.1) is 12.7 Å². The van der Waals surface area contributed by atoms with Crippen LogP contribution in [0.25, 0.3) is 0 Å². The summed E-state index contributed by atoms with van der Waals surface area (Å²) in [5.41, 5.74) is 3.25. The van der Waals surface area contributed by atoms with Gasteiger partial charge in [-0.1, -0.05) is 64.6 Å². The summed E-state index contributed by atoms with van der Waals surface area (Å²) in [5, 5.41) is 8.71. The van der Waals surface area contributed by atoms with Crippen molar-refractivity contribution in [2.75, 3.05) is 12.4 Å². The Labute approximate surface area is 184 Å². The number of benzene rings is 2. The first-order valence-corrected chi connectivity index (χ1v) is 9.81. The van der Waals surface area contributed by atoms with E-state index in [1.54, 1.807) is 24.3 Å². The molecular weight excluding hydrogens is 441 g/mol. The summed E-state index contributed by atoms with van der Waals surface area (Å²) in [5.74, 6) is -0.0744. The number of para-hydroxylation sites is 1. The van der Waals surface area contributed by atoms with Gasteiger partial charge in [-0.15, -0.1) is 0 Å². The molecule has 9 heteroatoms. The molecule has 0 saturated heterocycles. The van der Waals surface area contributed by atoms with Gasteiger partial charge in [-0.25, -0.2) is 0 Å². The Bertz CT molecular complexity index is 872. The van der Waals surface area contributed by atoms with E-state index in [-0.39, 0.29) is 5.11 Å². The molecule has 0 unspecified atom stereocenters. The monoisotopic (exact) mass is 459 g/mol. The number of ether oxygens (including phenoxy) is 1. The number of halogens is 3. The molecule has 0 aliphatic rings. The van der Waals surface area contributed by atoms with Gasteiger partial charge >= 0.3 is 0 Å². The van der Waals surface area contributed by atoms with Crippen molar-refractivity contribution in [2.45, 2.75) is 23.8 Å². The Morgan fingerprint density at radius 1 is 1.11 bits per heavy atom. The van der Waals surface area contributed by atoms with Crippen LogP contribution in [0.4, 0.5) is 5.69 Å². The molecule has 1 amide bonds. The van der Waals surface area contributed by atoms with Crippen molar-refractivity contribution >= 4 is 63.7 Å². The molecule has 0 saturated carbocycles. The first-order valence-electron chi connectivity index (χ1n) is 8.27. The molecule has 0 spiro atoms. The molecular formula is C19H20Cl3N3O2S. The summed E-state index contributed by atoms with van der Waals surface area (Å²) >= 11 is 23.4. The molecule has 5 nitrogen and oxygen atoms in total. The van der Waals surface area contributed by atoms with E-state index in [4.69, 9.17) is 51.8 Å². The van der Waals surface area contributed by atoms with E-state index in [2.05, 4.69) is 16.0 Å². The summed E-state index contributed by atoms with van der Waals surface area (Å²) in [6, 6.07) is 12.6. The number of carbonyl (C=O) groups excluding carboxylic acids is 1. The third kappa shape index (κ3) is 6.14. The maximum absolute atomic E-state index is 12.6. The molecule has 2 rings (SSSR count). The van der Waals surface area contributed by atoms with Crippen molar-refractivity contribution in [1.82, 2.24) is 10.6 Å². The number of amides is 1. The maximum atomic E-state index is 12.6. The summed E-state index contributed by atoms with van der Waals surface area (Å²) in [7, 11) is 1.47. The minimum Gasteiger partial charge on any atom is -0.496 e. The topological polar surface area (TPSA) is 62.4 Å². The quantitative estimate of drug-likeness (QED) is 0.342. The fourth-order valence-corrected chi connectivity index (χ4v) is 3.04. The molecule has 2 aromatic rings. The average Bonchev–Trinajstić information content (AvgIpc) is 2.62. The minimum absolute atomic E-state index is 0.198. The minimum atomic E-state index is -1.86. The molecule has 0 bridgehead atoms. The highest BCUT2D eigenvalue weighted by molar-refractivity contribution is 7.80. The summed E-state index contributed by atoms with van der Waals surface area (Å²) in [4.78, 5) is 12.6. The zero-order chi connectivity index (χ0) is 20.9. The summed E-state index contributed by atoms with van der Waals surface area (Å²) < 4.78 is 3.34. The van der Waals surface area contributed by atoms with E-state index >= 15 is 0 Å². The second-order valence-corrected chi connectivity index (χ2v) is 8.84. The molecule has 0 heterocycles. The van der Waals surface area contributed by atoms with Crippen LogP contribution in [0.2, 0.25) is 0 Å². The predicted molar refractivity (Wildman–Crippen MR) is 120 cm³/mol. The second kappa shape index (κ2) is 9.65. The number of rotatable bonds is 5. The van der Waals surface area contributed by atoms with Gasteiger partial charge in [0, 0.05) is 5.69 Å². The first kappa shape index (κ1) is 22.6. The lowest BCUT2D eigenvalue weighted by Crippen LogP contribution is -2.56. The van der Waals surface area contributed by atoms with E-state index in [1.165, 1.54) is 7.11 Å². The van der Waals surface area contributed by atoms with Crippen LogP contribution in [0.1, 0.15) is 21.5 Å². The Balaban J connectivity index is 2.13. The van der Waals surface area contributed by atoms with Crippen LogP contribution in [-0.4, -0.2) is 28.1 Å². The lowest BCUT2D eigenvalue weighted by atomic mass is 10.1. The number of anilines is 1. The maximum Gasteiger partial charge on any atom is 0.256 e. The normalized spacial score (nSPS) is 12.1. The van der Waals surface area contributed by atoms with Crippen molar-refractivity contribution < 1.29 is 9.53 Å². The molecule has 0 aliphatic carbocycles. The predicted octanol–water partition coefficient (Wildman–Crippen LogP) is 4.72. The first-order chi connectivity index (χ1) is 13.1. The molecule has 0 aliphatic heterocycles. The van der Waals surface area contributed by atoms with E-state index in [0.29, 0.717) is 11.3 Å². The molecule has 0 radical (unpaired) electrons. The molecule has 150 valence electrons. The van der Waals surface area contributed by atoms with Crippen LogP contribution in [-0.2, 0) is 0 Å². The van der Waals surface area contributed by atoms with Gasteiger partial charge in [-0.2, -0.15) is 0 Å². The second-order valence-electron chi connectivity index (χ2n) is 6.07. The van der Waals surface area contributed by atoms with E-state index < -0.39 is 15.9 Å². The smallest absolute Gasteiger partial charge is 0.256 e. The number of alkyl halides is 3. The van der Waals surface area contributed by atoms with Gasteiger partial charge in [-0.3, -0.25) is 4.79 Å². The number of hydrogen-bond acceptors (Lipinski definition) is 3. The van der Waals surface area contributed by atoms with E-state index in [9.17, 15) is 4.79 Å². The number of aryl methyl sites for hydroxylation is 2. The number of carbonyl (C=O) groups is 1. The molecule has 2 aromatic carbocycles. The third-order valence-corrected chi connectivity index (χ3v) is 4.73. The molecule has 1 atom stereocenters. The Morgan fingerprint density at radius 3 is 2.39 bits per heavy atom. The van der Waals surface area contributed by atoms with Crippen LogP contribution in [0.3, 0.4) is 0 Å². The Kier molecular flexibility index (Phi) is 7.78. The van der Waals surface area contributed by atoms with Crippen molar-refractivity contribution in [3.8, 4) is 5.75 Å². The zero-order valence-corrected chi connectivity index (χ0v) is 18.6. The number of hydrogen-bond donors (Lipinski definition) is 3. The summed E-state index contributed by atoms with van der Waals surface area (Å²) in [6.07, 6.45) is -1.08. The van der Waals surface area contributed by atoms with E-state index in [1.807, 2.05) is 32.0 Å². The number of nitrogens with one attached hydrogen (secondary N) is 3. The summed E-state index contributed by atoms with van der Waals surface area (Å²) in [6.45, 7) is 3.95.